The second kappa shape index (κ2) is 14.5. The van der Waals surface area contributed by atoms with Crippen LogP contribution in [0.4, 0.5) is 16.6 Å². The van der Waals surface area contributed by atoms with Crippen molar-refractivity contribution in [2.75, 3.05) is 29.1 Å². The normalized spacial score (nSPS) is 18.1. The minimum Gasteiger partial charge on any atom is -0.478 e. The van der Waals surface area contributed by atoms with Gasteiger partial charge in [0.15, 0.2) is 10.8 Å². The van der Waals surface area contributed by atoms with E-state index in [9.17, 15) is 34.2 Å². The van der Waals surface area contributed by atoms with Gasteiger partial charge in [0.25, 0.3) is 24.0 Å². The number of nitrogens with two attached hydrogens (primary N) is 3. The fourth-order valence-electron chi connectivity index (χ4n) is 4.15. The number of carbonyl (C=O) groups excluding carboxylic acids is 3. The standard InChI is InChI=1S/C26H31N11O8S2/c1-26(2,24(43)44)45-34-15(19-33-25(29)47-35-19)20(39)32-16-21(40)37-17(23(41)42)12(10-46-22(16)37)5-4-8-36-9-13(18(28)30-11-36)31-14(38)6-3-7-27/h4-5,9,11,16,22,28H,3,6-8,10,27H2,1-2H3,(H6,29,31,32,33,35,38,39,41,42,43,44)/p+1/b5-4+,34-15-/t16-,22?/m1/s1. The summed E-state index contributed by atoms with van der Waals surface area (Å²) in [7, 11) is 0. The molecule has 0 spiro atoms. The maximum Gasteiger partial charge on any atom is 0.352 e. The monoisotopic (exact) mass is 690 g/mol. The first-order chi connectivity index (χ1) is 22.2. The van der Waals surface area contributed by atoms with Crippen molar-refractivity contribution in [2.24, 2.45) is 10.9 Å². The summed E-state index contributed by atoms with van der Waals surface area (Å²) in [6, 6.07) is -1.14. The molecular weight excluding hydrogens is 658 g/mol. The molecule has 1 saturated heterocycles. The van der Waals surface area contributed by atoms with Crippen molar-refractivity contribution >= 4 is 75.3 Å². The number of aliphatic carboxylic acids is 2. The van der Waals surface area contributed by atoms with Crippen LogP contribution in [0, 0.1) is 0 Å². The Morgan fingerprint density at radius 1 is 1.28 bits per heavy atom. The number of aromatic nitrogens is 4. The smallest absolute Gasteiger partial charge is 0.352 e. The first-order valence-electron chi connectivity index (χ1n) is 13.9. The van der Waals surface area contributed by atoms with E-state index in [4.69, 9.17) is 22.0 Å². The average molecular weight is 691 g/mol. The molecule has 2 atom stereocenters. The number of nitrogens with one attached hydrogen (secondary N) is 2. The summed E-state index contributed by atoms with van der Waals surface area (Å²) in [4.78, 5) is 76.3. The van der Waals surface area contributed by atoms with Gasteiger partial charge in [0.05, 0.1) is 0 Å². The Hall–Kier alpha value is -5.15. The topological polar surface area (TPSA) is 295 Å². The molecule has 2 aromatic rings. The maximum atomic E-state index is 13.2. The number of β-lactam (4-membered cyclic amide) rings is 1. The summed E-state index contributed by atoms with van der Waals surface area (Å²) in [6.45, 7) is 3.02. The zero-order chi connectivity index (χ0) is 34.5. The Morgan fingerprint density at radius 3 is 2.66 bits per heavy atom. The molecule has 0 aliphatic carbocycles. The molecule has 2 aromatic heterocycles. The highest BCUT2D eigenvalue weighted by Gasteiger charge is 2.54. The quantitative estimate of drug-likeness (QED) is 0.0521. The van der Waals surface area contributed by atoms with Crippen molar-refractivity contribution in [1.29, 1.82) is 0 Å². The van der Waals surface area contributed by atoms with E-state index in [0.29, 0.717) is 24.2 Å². The zero-order valence-electron chi connectivity index (χ0n) is 25.1. The number of amides is 3. The number of allylic oxidation sites excluding steroid dienone is 2. The minimum absolute atomic E-state index is 0.000130. The maximum absolute atomic E-state index is 13.2. The summed E-state index contributed by atoms with van der Waals surface area (Å²) in [5, 5.41) is 27.4. The van der Waals surface area contributed by atoms with Gasteiger partial charge in [-0.15, -0.1) is 11.8 Å². The summed E-state index contributed by atoms with van der Waals surface area (Å²) in [5.74, 6) is -4.56. The van der Waals surface area contributed by atoms with Crippen LogP contribution in [0.2, 0.25) is 0 Å². The Labute approximate surface area is 275 Å². The minimum atomic E-state index is -1.81. The van der Waals surface area contributed by atoms with Gasteiger partial charge in [0, 0.05) is 23.7 Å². The second-order valence-electron chi connectivity index (χ2n) is 10.6. The van der Waals surface area contributed by atoms with E-state index in [-0.39, 0.29) is 47.1 Å². The number of anilines is 3. The van der Waals surface area contributed by atoms with Crippen LogP contribution in [0.15, 0.2) is 41.1 Å². The van der Waals surface area contributed by atoms with Gasteiger partial charge in [-0.3, -0.25) is 19.3 Å². The molecule has 250 valence electrons. The molecule has 10 N–H and O–H groups in total. The first kappa shape index (κ1) is 34.7. The Bertz CT molecular complexity index is 1690. The van der Waals surface area contributed by atoms with Crippen LogP contribution in [0.3, 0.4) is 0 Å². The number of nitrogen functional groups attached to an aromatic ring is 2. The molecule has 1 fully saturated rings. The SMILES string of the molecule is CC(C)(O/N=C(\C(=O)N[C@@H]1C(=O)N2C(C(=O)O)=C(/C=C/C[n+]3cnc(N)c(NC(=O)CCCN)c3)CSC12)c1nsc(N)n1)C(=O)O. The van der Waals surface area contributed by atoms with Crippen LogP contribution in [0.1, 0.15) is 32.5 Å². The number of fused-ring (bicyclic) bond motifs is 1. The lowest BCUT2D eigenvalue weighted by Gasteiger charge is -2.49. The molecule has 0 radical (unpaired) electrons. The van der Waals surface area contributed by atoms with E-state index in [2.05, 4.69) is 30.1 Å². The highest BCUT2D eigenvalue weighted by molar-refractivity contribution is 8.00. The van der Waals surface area contributed by atoms with Crippen molar-refractivity contribution in [3.8, 4) is 0 Å². The van der Waals surface area contributed by atoms with Gasteiger partial charge in [-0.25, -0.2) is 14.2 Å². The van der Waals surface area contributed by atoms with Crippen molar-refractivity contribution in [3.05, 3.63) is 41.8 Å². The molecule has 4 rings (SSSR count). The van der Waals surface area contributed by atoms with Crippen LogP contribution >= 0.6 is 23.3 Å². The van der Waals surface area contributed by atoms with Gasteiger partial charge < -0.3 is 42.9 Å². The number of carboxylic acids is 2. The van der Waals surface area contributed by atoms with Gasteiger partial charge >= 0.3 is 11.9 Å². The third-order valence-electron chi connectivity index (χ3n) is 6.67. The van der Waals surface area contributed by atoms with Gasteiger partial charge in [-0.1, -0.05) is 11.2 Å². The molecule has 0 saturated carbocycles. The molecule has 0 bridgehead atoms. The average Bonchev–Trinajstić information content (AvgIpc) is 3.45. The number of hydrogen-bond acceptors (Lipinski definition) is 15. The number of oxime groups is 1. The molecule has 1 unspecified atom stereocenters. The van der Waals surface area contributed by atoms with Crippen LogP contribution in [-0.2, 0) is 35.4 Å². The number of nitrogens with zero attached hydrogens (tertiary/aromatic N) is 6. The summed E-state index contributed by atoms with van der Waals surface area (Å²) >= 11 is 1.98. The number of hydrogen-bond donors (Lipinski definition) is 7. The molecule has 2 aliphatic heterocycles. The van der Waals surface area contributed by atoms with Crippen molar-refractivity contribution in [1.82, 2.24) is 24.6 Å². The predicted molar refractivity (Wildman–Crippen MR) is 168 cm³/mol. The van der Waals surface area contributed by atoms with E-state index >= 15 is 0 Å². The van der Waals surface area contributed by atoms with Crippen LogP contribution in [-0.4, -0.2) is 94.1 Å². The number of carbonyl (C=O) groups is 5. The predicted octanol–water partition coefficient (Wildman–Crippen LogP) is -1.36. The molecule has 2 aliphatic rings. The third kappa shape index (κ3) is 7.99. The lowest BCUT2D eigenvalue weighted by molar-refractivity contribution is -0.689. The van der Waals surface area contributed by atoms with E-state index in [1.54, 1.807) is 22.9 Å². The van der Waals surface area contributed by atoms with Gasteiger partial charge in [0.2, 0.25) is 23.0 Å². The van der Waals surface area contributed by atoms with Crippen molar-refractivity contribution < 1.29 is 43.6 Å². The second-order valence-corrected chi connectivity index (χ2v) is 12.4. The third-order valence-corrected chi connectivity index (χ3v) is 8.51. The summed E-state index contributed by atoms with van der Waals surface area (Å²) in [5.41, 5.74) is 15.0. The molecule has 3 amide bonds. The van der Waals surface area contributed by atoms with Crippen molar-refractivity contribution in [2.45, 2.75) is 50.3 Å². The molecule has 47 heavy (non-hydrogen) atoms. The summed E-state index contributed by atoms with van der Waals surface area (Å²) in [6.07, 6.45) is 6.99. The van der Waals surface area contributed by atoms with Crippen molar-refractivity contribution in [3.63, 3.8) is 0 Å². The Morgan fingerprint density at radius 2 is 2.02 bits per heavy atom. The van der Waals surface area contributed by atoms with E-state index in [1.165, 1.54) is 31.9 Å². The largest absolute Gasteiger partial charge is 0.478 e. The van der Waals surface area contributed by atoms with Gasteiger partial charge in [-0.05, 0) is 43.4 Å². The molecule has 0 aromatic carbocycles. The molecule has 21 heteroatoms. The fourth-order valence-corrected chi connectivity index (χ4v) is 5.91. The highest BCUT2D eigenvalue weighted by Crippen LogP contribution is 2.40. The molecule has 4 heterocycles. The van der Waals surface area contributed by atoms with E-state index in [1.807, 2.05) is 0 Å². The van der Waals surface area contributed by atoms with Crippen LogP contribution in [0.5, 0.6) is 0 Å². The zero-order valence-corrected chi connectivity index (χ0v) is 26.7. The molecule has 19 nitrogen and oxygen atoms in total. The Kier molecular flexibility index (Phi) is 10.7. The lowest BCUT2D eigenvalue weighted by atomic mass is 10.0. The van der Waals surface area contributed by atoms with E-state index in [0.717, 1.165) is 16.4 Å². The number of carboxylic acid groups (broad SMARTS) is 2. The van der Waals surface area contributed by atoms with E-state index < -0.39 is 46.5 Å². The first-order valence-corrected chi connectivity index (χ1v) is 15.7. The van der Waals surface area contributed by atoms with Gasteiger partial charge in [0.1, 0.15) is 29.9 Å². The highest BCUT2D eigenvalue weighted by atomic mass is 32.2. The summed E-state index contributed by atoms with van der Waals surface area (Å²) < 4.78 is 5.54. The number of rotatable bonds is 14. The fraction of sp³-hybridized carbons (Fsp3) is 0.385. The van der Waals surface area contributed by atoms with Crippen LogP contribution in [0.25, 0.3) is 0 Å². The molecular formula is C26H32N11O8S2+. The van der Waals surface area contributed by atoms with Gasteiger partial charge in [-0.2, -0.15) is 9.36 Å². The van der Waals surface area contributed by atoms with Crippen LogP contribution < -0.4 is 32.4 Å². The number of thioether (sulfide) groups is 1. The Balaban J connectivity index is 1.48. The lowest BCUT2D eigenvalue weighted by Crippen LogP contribution is -2.71.